The summed E-state index contributed by atoms with van der Waals surface area (Å²) < 4.78 is 40.2. The van der Waals surface area contributed by atoms with Crippen LogP contribution in [-0.2, 0) is 30.8 Å². The SMILES string of the molecule is CCN1C(=O)C[C@](CC(=O)N2CCN(C3CCCCC3)C(=O)C2)(c2cccc(C(F)(F)F)c2)C1=O. The van der Waals surface area contributed by atoms with Crippen LogP contribution in [-0.4, -0.2) is 70.5 Å². The molecule has 35 heavy (non-hydrogen) atoms. The average molecular weight is 494 g/mol. The molecule has 0 spiro atoms. The Hall–Kier alpha value is -2.91. The van der Waals surface area contributed by atoms with Crippen molar-refractivity contribution in [2.45, 2.75) is 69.5 Å². The molecule has 3 fully saturated rings. The second-order valence-corrected chi connectivity index (χ2v) is 9.65. The van der Waals surface area contributed by atoms with E-state index in [0.717, 1.165) is 49.1 Å². The first-order valence-corrected chi connectivity index (χ1v) is 12.2. The number of carbonyl (C=O) groups excluding carboxylic acids is 4. The van der Waals surface area contributed by atoms with Gasteiger partial charge in [0.2, 0.25) is 23.6 Å². The van der Waals surface area contributed by atoms with Crippen LogP contribution >= 0.6 is 0 Å². The number of amides is 4. The van der Waals surface area contributed by atoms with Gasteiger partial charge in [0, 0.05) is 38.5 Å². The average Bonchev–Trinajstić information content (AvgIpc) is 3.08. The minimum atomic E-state index is -4.64. The zero-order chi connectivity index (χ0) is 25.4. The fourth-order valence-corrected chi connectivity index (χ4v) is 5.63. The predicted octanol–water partition coefficient (Wildman–Crippen LogP) is 3.12. The highest BCUT2D eigenvalue weighted by Crippen LogP contribution is 2.42. The Morgan fingerprint density at radius 1 is 1.06 bits per heavy atom. The predicted molar refractivity (Wildman–Crippen MR) is 120 cm³/mol. The number of halogens is 3. The minimum Gasteiger partial charge on any atom is -0.336 e. The van der Waals surface area contributed by atoms with E-state index in [1.165, 1.54) is 17.0 Å². The van der Waals surface area contributed by atoms with Gasteiger partial charge in [-0.15, -0.1) is 0 Å². The third kappa shape index (κ3) is 4.79. The van der Waals surface area contributed by atoms with Gasteiger partial charge in [-0.3, -0.25) is 24.1 Å². The first-order valence-electron chi connectivity index (χ1n) is 12.2. The zero-order valence-corrected chi connectivity index (χ0v) is 19.8. The molecule has 0 N–H and O–H groups in total. The maximum atomic E-state index is 13.4. The Kier molecular flexibility index (Phi) is 6.92. The first kappa shape index (κ1) is 25.2. The Morgan fingerprint density at radius 3 is 2.37 bits per heavy atom. The van der Waals surface area contributed by atoms with Gasteiger partial charge in [0.25, 0.3) is 0 Å². The standard InChI is InChI=1S/C25H30F3N3O4/c1-2-30-21(33)15-24(23(30)35,17-7-6-8-18(13-17)25(26,27)28)14-20(32)29-11-12-31(22(34)16-29)19-9-4-3-5-10-19/h6-8,13,19H,2-5,9-12,14-16H2,1H3/t24-/m1/s1. The van der Waals surface area contributed by atoms with Gasteiger partial charge in [0.15, 0.2) is 0 Å². The molecule has 1 aliphatic carbocycles. The summed E-state index contributed by atoms with van der Waals surface area (Å²) in [7, 11) is 0. The highest BCUT2D eigenvalue weighted by atomic mass is 19.4. The van der Waals surface area contributed by atoms with Gasteiger partial charge in [-0.1, -0.05) is 37.5 Å². The number of carbonyl (C=O) groups is 4. The topological polar surface area (TPSA) is 78.0 Å². The number of hydrogen-bond donors (Lipinski definition) is 0. The second-order valence-electron chi connectivity index (χ2n) is 9.65. The number of hydrogen-bond acceptors (Lipinski definition) is 4. The summed E-state index contributed by atoms with van der Waals surface area (Å²) in [5.41, 5.74) is -2.69. The van der Waals surface area contributed by atoms with E-state index >= 15 is 0 Å². The van der Waals surface area contributed by atoms with Crippen molar-refractivity contribution in [3.8, 4) is 0 Å². The number of likely N-dealkylation sites (N-methyl/N-ethyl adjacent to an activating group) is 1. The Balaban J connectivity index is 1.58. The molecule has 0 bridgehead atoms. The molecule has 0 aromatic heterocycles. The molecule has 1 saturated carbocycles. The van der Waals surface area contributed by atoms with Gasteiger partial charge in [0.05, 0.1) is 17.5 Å². The summed E-state index contributed by atoms with van der Waals surface area (Å²) in [6.45, 7) is 2.21. The largest absolute Gasteiger partial charge is 0.416 e. The van der Waals surface area contributed by atoms with Crippen LogP contribution in [0.2, 0.25) is 0 Å². The van der Waals surface area contributed by atoms with Crippen LogP contribution in [0.3, 0.4) is 0 Å². The number of nitrogens with zero attached hydrogens (tertiary/aromatic N) is 3. The lowest BCUT2D eigenvalue weighted by Gasteiger charge is -2.41. The molecular formula is C25H30F3N3O4. The van der Waals surface area contributed by atoms with Crippen molar-refractivity contribution in [3.05, 3.63) is 35.4 Å². The number of likely N-dealkylation sites (tertiary alicyclic amines) is 1. The lowest BCUT2D eigenvalue weighted by molar-refractivity contribution is -0.149. The van der Waals surface area contributed by atoms with E-state index in [-0.39, 0.29) is 37.0 Å². The highest BCUT2D eigenvalue weighted by molar-refractivity contribution is 6.10. The van der Waals surface area contributed by atoms with Crippen molar-refractivity contribution < 1.29 is 32.3 Å². The van der Waals surface area contributed by atoms with E-state index in [2.05, 4.69) is 0 Å². The molecular weight excluding hydrogens is 463 g/mol. The van der Waals surface area contributed by atoms with Crippen molar-refractivity contribution in [1.82, 2.24) is 14.7 Å². The van der Waals surface area contributed by atoms with Gasteiger partial charge < -0.3 is 9.80 Å². The molecule has 1 aromatic rings. The van der Waals surface area contributed by atoms with Gasteiger partial charge in [-0.05, 0) is 31.4 Å². The number of benzene rings is 1. The molecule has 2 heterocycles. The van der Waals surface area contributed by atoms with Crippen LogP contribution in [0.25, 0.3) is 0 Å². The minimum absolute atomic E-state index is 0.0119. The lowest BCUT2D eigenvalue weighted by Crippen LogP contribution is -2.56. The molecule has 0 radical (unpaired) electrons. The van der Waals surface area contributed by atoms with Crippen LogP contribution in [0.4, 0.5) is 13.2 Å². The van der Waals surface area contributed by atoms with Gasteiger partial charge in [-0.25, -0.2) is 0 Å². The Labute approximate surface area is 202 Å². The monoisotopic (exact) mass is 493 g/mol. The van der Waals surface area contributed by atoms with E-state index in [4.69, 9.17) is 0 Å². The normalized spacial score (nSPS) is 24.5. The maximum absolute atomic E-state index is 13.4. The van der Waals surface area contributed by atoms with Crippen molar-refractivity contribution in [2.24, 2.45) is 0 Å². The van der Waals surface area contributed by atoms with Crippen LogP contribution in [0.5, 0.6) is 0 Å². The lowest BCUT2D eigenvalue weighted by atomic mass is 9.75. The summed E-state index contributed by atoms with van der Waals surface area (Å²) in [4.78, 5) is 56.3. The van der Waals surface area contributed by atoms with Crippen molar-refractivity contribution in [3.63, 3.8) is 0 Å². The molecule has 190 valence electrons. The van der Waals surface area contributed by atoms with Crippen LogP contribution in [0.15, 0.2) is 24.3 Å². The van der Waals surface area contributed by atoms with Crippen molar-refractivity contribution >= 4 is 23.6 Å². The van der Waals surface area contributed by atoms with Crippen LogP contribution in [0, 0.1) is 0 Å². The van der Waals surface area contributed by atoms with E-state index in [1.807, 2.05) is 4.90 Å². The van der Waals surface area contributed by atoms with E-state index in [0.29, 0.717) is 13.1 Å². The number of rotatable bonds is 5. The van der Waals surface area contributed by atoms with E-state index in [9.17, 15) is 32.3 Å². The highest BCUT2D eigenvalue weighted by Gasteiger charge is 2.54. The van der Waals surface area contributed by atoms with Gasteiger partial charge >= 0.3 is 6.18 Å². The van der Waals surface area contributed by atoms with E-state index < -0.39 is 41.3 Å². The van der Waals surface area contributed by atoms with Gasteiger partial charge in [0.1, 0.15) is 0 Å². The summed E-state index contributed by atoms with van der Waals surface area (Å²) in [5, 5.41) is 0. The van der Waals surface area contributed by atoms with Crippen molar-refractivity contribution in [2.75, 3.05) is 26.2 Å². The third-order valence-electron chi connectivity index (χ3n) is 7.55. The molecule has 3 aliphatic rings. The van der Waals surface area contributed by atoms with E-state index in [1.54, 1.807) is 6.92 Å². The molecule has 1 aromatic carbocycles. The fourth-order valence-electron chi connectivity index (χ4n) is 5.63. The summed E-state index contributed by atoms with van der Waals surface area (Å²) in [5.74, 6) is -1.88. The molecule has 2 saturated heterocycles. The molecule has 10 heteroatoms. The number of imide groups is 1. The summed E-state index contributed by atoms with van der Waals surface area (Å²) >= 11 is 0. The quantitative estimate of drug-likeness (QED) is 0.591. The smallest absolute Gasteiger partial charge is 0.336 e. The molecule has 4 rings (SSSR count). The molecule has 2 aliphatic heterocycles. The van der Waals surface area contributed by atoms with Crippen LogP contribution in [0.1, 0.15) is 63.0 Å². The zero-order valence-electron chi connectivity index (χ0n) is 19.8. The third-order valence-corrected chi connectivity index (χ3v) is 7.55. The second kappa shape index (κ2) is 9.62. The summed E-state index contributed by atoms with van der Waals surface area (Å²) in [6.07, 6.45) is -0.304. The fraction of sp³-hybridized carbons (Fsp3) is 0.600. The number of alkyl halides is 3. The Bertz CT molecular complexity index is 1020. The van der Waals surface area contributed by atoms with Crippen LogP contribution < -0.4 is 0 Å². The molecule has 4 amide bonds. The first-order chi connectivity index (χ1) is 16.6. The molecule has 1 atom stereocenters. The molecule has 7 nitrogen and oxygen atoms in total. The Morgan fingerprint density at radius 2 is 1.77 bits per heavy atom. The molecule has 0 unspecified atom stereocenters. The maximum Gasteiger partial charge on any atom is 0.416 e. The van der Waals surface area contributed by atoms with Gasteiger partial charge in [-0.2, -0.15) is 13.2 Å². The summed E-state index contributed by atoms with van der Waals surface area (Å²) in [6, 6.07) is 4.46. The number of piperazine rings is 1. The van der Waals surface area contributed by atoms with Crippen molar-refractivity contribution in [1.29, 1.82) is 0 Å².